The highest BCUT2D eigenvalue weighted by Gasteiger charge is 2.15. The molecule has 0 aliphatic heterocycles. The molecule has 1 N–H and O–H groups in total. The second-order valence-electron chi connectivity index (χ2n) is 4.91. The van der Waals surface area contributed by atoms with Crippen LogP contribution in [-0.2, 0) is 10.0 Å². The summed E-state index contributed by atoms with van der Waals surface area (Å²) in [5, 5.41) is 14.5. The quantitative estimate of drug-likeness (QED) is 0.516. The van der Waals surface area contributed by atoms with Gasteiger partial charge in [0.15, 0.2) is 0 Å². The van der Waals surface area contributed by atoms with Gasteiger partial charge in [0.2, 0.25) is 0 Å². The number of rotatable bonds is 5. The van der Waals surface area contributed by atoms with E-state index in [0.29, 0.717) is 5.71 Å². The second kappa shape index (κ2) is 6.57. The van der Waals surface area contributed by atoms with Crippen LogP contribution >= 0.6 is 0 Å². The molecule has 8 heteroatoms. The van der Waals surface area contributed by atoms with Crippen molar-refractivity contribution in [1.29, 1.82) is 0 Å². The SMILES string of the molecule is CC(=NNS(=O)(=O)c1ccc([N+](=O)[O-])cc1)c1ccc(C)cc1. The molecule has 0 aliphatic rings. The number of hydrazone groups is 1. The first-order valence-electron chi connectivity index (χ1n) is 6.67. The topological polar surface area (TPSA) is 102 Å². The van der Waals surface area contributed by atoms with Crippen molar-refractivity contribution in [1.82, 2.24) is 4.83 Å². The van der Waals surface area contributed by atoms with E-state index in [-0.39, 0.29) is 10.6 Å². The number of aryl methyl sites for hydroxylation is 1. The normalized spacial score (nSPS) is 12.0. The van der Waals surface area contributed by atoms with E-state index in [1.807, 2.05) is 31.2 Å². The van der Waals surface area contributed by atoms with E-state index in [4.69, 9.17) is 0 Å². The molecular formula is C15H15N3O4S. The molecule has 0 atom stereocenters. The molecule has 0 heterocycles. The molecule has 0 saturated carbocycles. The third kappa shape index (κ3) is 4.13. The molecule has 0 saturated heterocycles. The van der Waals surface area contributed by atoms with Crippen molar-refractivity contribution in [3.8, 4) is 0 Å². The Bertz CT molecular complexity index is 841. The minimum Gasteiger partial charge on any atom is -0.258 e. The molecule has 0 amide bonds. The molecule has 2 aromatic carbocycles. The third-order valence-corrected chi connectivity index (χ3v) is 4.39. The minimum absolute atomic E-state index is 0.0939. The Morgan fingerprint density at radius 3 is 2.17 bits per heavy atom. The van der Waals surface area contributed by atoms with Crippen molar-refractivity contribution in [3.63, 3.8) is 0 Å². The van der Waals surface area contributed by atoms with Gasteiger partial charge in [-0.25, -0.2) is 0 Å². The highest BCUT2D eigenvalue weighted by Crippen LogP contribution is 2.15. The summed E-state index contributed by atoms with van der Waals surface area (Å²) in [6.45, 7) is 3.64. The Balaban J connectivity index is 2.18. The molecule has 0 fully saturated rings. The molecule has 0 aromatic heterocycles. The molecular weight excluding hydrogens is 318 g/mol. The van der Waals surface area contributed by atoms with Gasteiger partial charge >= 0.3 is 0 Å². The van der Waals surface area contributed by atoms with E-state index in [1.165, 1.54) is 0 Å². The van der Waals surface area contributed by atoms with Gasteiger partial charge in [0, 0.05) is 12.1 Å². The maximum Gasteiger partial charge on any atom is 0.276 e. The number of nitro benzene ring substituents is 1. The lowest BCUT2D eigenvalue weighted by molar-refractivity contribution is -0.384. The summed E-state index contributed by atoms with van der Waals surface area (Å²) in [6, 6.07) is 12.1. The molecule has 0 unspecified atom stereocenters. The van der Waals surface area contributed by atoms with Gasteiger partial charge in [-0.3, -0.25) is 10.1 Å². The Hall–Kier alpha value is -2.74. The van der Waals surface area contributed by atoms with E-state index in [1.54, 1.807) is 6.92 Å². The van der Waals surface area contributed by atoms with Gasteiger partial charge in [-0.15, -0.1) is 0 Å². The fraction of sp³-hybridized carbons (Fsp3) is 0.133. The standard InChI is InChI=1S/C15H15N3O4S/c1-11-3-5-13(6-4-11)12(2)16-17-23(21,22)15-9-7-14(8-10-15)18(19)20/h3-10,17H,1-2H3. The average Bonchev–Trinajstić information content (AvgIpc) is 2.53. The van der Waals surface area contributed by atoms with Crippen molar-refractivity contribution in [3.05, 3.63) is 69.8 Å². The molecule has 0 radical (unpaired) electrons. The number of nitrogens with zero attached hydrogens (tertiary/aromatic N) is 2. The monoisotopic (exact) mass is 333 g/mol. The van der Waals surface area contributed by atoms with E-state index in [0.717, 1.165) is 35.4 Å². The predicted octanol–water partition coefficient (Wildman–Crippen LogP) is 2.61. The Labute approximate surface area is 133 Å². The summed E-state index contributed by atoms with van der Waals surface area (Å²) in [7, 11) is -3.87. The largest absolute Gasteiger partial charge is 0.276 e. The summed E-state index contributed by atoms with van der Waals surface area (Å²) in [6.07, 6.45) is 0. The Morgan fingerprint density at radius 1 is 1.09 bits per heavy atom. The summed E-state index contributed by atoms with van der Waals surface area (Å²) in [5.41, 5.74) is 2.22. The van der Waals surface area contributed by atoms with Crippen LogP contribution in [0.15, 0.2) is 58.5 Å². The zero-order valence-electron chi connectivity index (χ0n) is 12.6. The van der Waals surface area contributed by atoms with Gasteiger partial charge in [-0.2, -0.15) is 18.4 Å². The Kier molecular flexibility index (Phi) is 4.75. The van der Waals surface area contributed by atoms with Gasteiger partial charge in [0.1, 0.15) is 0 Å². The van der Waals surface area contributed by atoms with Gasteiger partial charge in [-0.05, 0) is 31.5 Å². The molecule has 2 rings (SSSR count). The number of sulfonamides is 1. The summed E-state index contributed by atoms with van der Waals surface area (Å²) in [4.78, 5) is 12.0. The van der Waals surface area contributed by atoms with Crippen LogP contribution in [0.5, 0.6) is 0 Å². The lowest BCUT2D eigenvalue weighted by Crippen LogP contribution is -2.20. The zero-order valence-corrected chi connectivity index (χ0v) is 13.4. The van der Waals surface area contributed by atoms with Crippen LogP contribution < -0.4 is 4.83 Å². The van der Waals surface area contributed by atoms with Gasteiger partial charge < -0.3 is 0 Å². The molecule has 2 aromatic rings. The molecule has 7 nitrogen and oxygen atoms in total. The lowest BCUT2D eigenvalue weighted by atomic mass is 10.1. The number of non-ortho nitro benzene ring substituents is 1. The number of hydrogen-bond acceptors (Lipinski definition) is 5. The number of hydrogen-bond donors (Lipinski definition) is 1. The van der Waals surface area contributed by atoms with Crippen molar-refractivity contribution in [2.45, 2.75) is 18.7 Å². The van der Waals surface area contributed by atoms with Crippen molar-refractivity contribution >= 4 is 21.4 Å². The third-order valence-electron chi connectivity index (χ3n) is 3.16. The van der Waals surface area contributed by atoms with Crippen LogP contribution in [0, 0.1) is 17.0 Å². The van der Waals surface area contributed by atoms with E-state index in [9.17, 15) is 18.5 Å². The van der Waals surface area contributed by atoms with Crippen LogP contribution in [0.2, 0.25) is 0 Å². The van der Waals surface area contributed by atoms with E-state index in [2.05, 4.69) is 9.93 Å². The number of benzene rings is 2. The van der Waals surface area contributed by atoms with Gasteiger partial charge in [0.05, 0.1) is 15.5 Å². The van der Waals surface area contributed by atoms with Crippen molar-refractivity contribution in [2.75, 3.05) is 0 Å². The van der Waals surface area contributed by atoms with Crippen molar-refractivity contribution < 1.29 is 13.3 Å². The molecule has 0 bridgehead atoms. The van der Waals surface area contributed by atoms with Crippen LogP contribution in [-0.4, -0.2) is 19.1 Å². The number of nitro groups is 1. The average molecular weight is 333 g/mol. The summed E-state index contributed by atoms with van der Waals surface area (Å²) in [5.74, 6) is 0. The molecule has 0 aliphatic carbocycles. The fourth-order valence-corrected chi connectivity index (χ4v) is 2.64. The van der Waals surface area contributed by atoms with E-state index < -0.39 is 14.9 Å². The highest BCUT2D eigenvalue weighted by atomic mass is 32.2. The number of nitrogens with one attached hydrogen (secondary N) is 1. The Morgan fingerprint density at radius 2 is 1.65 bits per heavy atom. The fourth-order valence-electron chi connectivity index (χ4n) is 1.79. The van der Waals surface area contributed by atoms with Crippen LogP contribution in [0.25, 0.3) is 0 Å². The molecule has 23 heavy (non-hydrogen) atoms. The predicted molar refractivity (Wildman–Crippen MR) is 86.8 cm³/mol. The minimum atomic E-state index is -3.87. The first-order chi connectivity index (χ1) is 10.8. The highest BCUT2D eigenvalue weighted by molar-refractivity contribution is 7.89. The van der Waals surface area contributed by atoms with Crippen LogP contribution in [0.3, 0.4) is 0 Å². The first kappa shape index (κ1) is 16.6. The van der Waals surface area contributed by atoms with Crippen LogP contribution in [0.4, 0.5) is 5.69 Å². The molecule has 0 spiro atoms. The van der Waals surface area contributed by atoms with Gasteiger partial charge in [0.25, 0.3) is 15.7 Å². The first-order valence-corrected chi connectivity index (χ1v) is 8.15. The maximum absolute atomic E-state index is 12.1. The summed E-state index contributed by atoms with van der Waals surface area (Å²) < 4.78 is 24.2. The smallest absolute Gasteiger partial charge is 0.258 e. The van der Waals surface area contributed by atoms with Crippen LogP contribution in [0.1, 0.15) is 18.1 Å². The van der Waals surface area contributed by atoms with Gasteiger partial charge in [-0.1, -0.05) is 29.8 Å². The zero-order chi connectivity index (χ0) is 17.0. The van der Waals surface area contributed by atoms with Crippen molar-refractivity contribution in [2.24, 2.45) is 5.10 Å². The molecule has 120 valence electrons. The maximum atomic E-state index is 12.1. The summed E-state index contributed by atoms with van der Waals surface area (Å²) >= 11 is 0. The second-order valence-corrected chi connectivity index (χ2v) is 6.57. The lowest BCUT2D eigenvalue weighted by Gasteiger charge is -2.05. The van der Waals surface area contributed by atoms with E-state index >= 15 is 0 Å².